The SMILES string of the molecule is CC(C)(C)c1ccc2c(c1)c1c(-c3ccc(OC=O)cc3)ccc3c1n2-c1cccc2c1B3c1ccc(-c3ccc(C(=O)O)cc3)c3c4cc(C(C)(C)C)ccc4n-2c13. The highest BCUT2D eigenvalue weighted by atomic mass is 16.5. The topological polar surface area (TPSA) is 73.5 Å². The van der Waals surface area contributed by atoms with Gasteiger partial charge in [0.1, 0.15) is 5.75 Å². The van der Waals surface area contributed by atoms with Crippen LogP contribution < -0.4 is 21.1 Å². The molecule has 11 rings (SSSR count). The van der Waals surface area contributed by atoms with Crippen LogP contribution in [0.4, 0.5) is 0 Å². The van der Waals surface area contributed by atoms with Crippen molar-refractivity contribution >= 4 is 79.2 Å². The summed E-state index contributed by atoms with van der Waals surface area (Å²) in [5.41, 5.74) is 17.8. The molecular weight excluding hydrogens is 727 g/mol. The van der Waals surface area contributed by atoms with Crippen LogP contribution in [0.2, 0.25) is 0 Å². The molecule has 0 spiro atoms. The van der Waals surface area contributed by atoms with Crippen molar-refractivity contribution in [2.45, 2.75) is 52.4 Å². The molecule has 0 amide bonds. The smallest absolute Gasteiger partial charge is 0.335 e. The lowest BCUT2D eigenvalue weighted by Crippen LogP contribution is -2.59. The number of ether oxygens (including phenoxy) is 1. The zero-order chi connectivity index (χ0) is 40.7. The average molecular weight is 769 g/mol. The maximum atomic E-state index is 11.9. The second-order valence-corrected chi connectivity index (χ2v) is 18.3. The first-order valence-corrected chi connectivity index (χ1v) is 20.2. The van der Waals surface area contributed by atoms with Gasteiger partial charge in [-0.3, -0.25) is 4.79 Å². The molecule has 0 saturated carbocycles. The number of hydrogen-bond acceptors (Lipinski definition) is 3. The summed E-state index contributed by atoms with van der Waals surface area (Å²) in [4.78, 5) is 23.0. The summed E-state index contributed by atoms with van der Waals surface area (Å²) < 4.78 is 10.2. The molecule has 2 aromatic heterocycles. The fraction of sp³-hybridized carbons (Fsp3) is 0.154. The van der Waals surface area contributed by atoms with Gasteiger partial charge in [0.2, 0.25) is 0 Å². The van der Waals surface area contributed by atoms with E-state index in [1.54, 1.807) is 12.1 Å². The van der Waals surface area contributed by atoms with E-state index in [0.717, 1.165) is 33.3 Å². The van der Waals surface area contributed by atoms with E-state index in [-0.39, 0.29) is 23.1 Å². The summed E-state index contributed by atoms with van der Waals surface area (Å²) in [5, 5.41) is 14.5. The predicted molar refractivity (Wildman–Crippen MR) is 242 cm³/mol. The lowest BCUT2D eigenvalue weighted by atomic mass is 9.34. The third-order valence-electron chi connectivity index (χ3n) is 12.9. The van der Waals surface area contributed by atoms with Crippen molar-refractivity contribution in [1.82, 2.24) is 9.13 Å². The summed E-state index contributed by atoms with van der Waals surface area (Å²) in [7, 11) is 0. The van der Waals surface area contributed by atoms with E-state index in [2.05, 4.69) is 130 Å². The molecule has 9 aromatic rings. The van der Waals surface area contributed by atoms with Gasteiger partial charge in [-0.15, -0.1) is 0 Å². The van der Waals surface area contributed by atoms with Crippen molar-refractivity contribution in [2.24, 2.45) is 0 Å². The van der Waals surface area contributed by atoms with Crippen LogP contribution in [0, 0.1) is 0 Å². The fourth-order valence-electron chi connectivity index (χ4n) is 9.99. The minimum Gasteiger partial charge on any atom is -0.478 e. The van der Waals surface area contributed by atoms with Crippen LogP contribution >= 0.6 is 0 Å². The molecule has 2 aliphatic heterocycles. The van der Waals surface area contributed by atoms with Crippen molar-refractivity contribution in [3.05, 3.63) is 144 Å². The first-order valence-electron chi connectivity index (χ1n) is 20.2. The highest BCUT2D eigenvalue weighted by Crippen LogP contribution is 2.45. The Morgan fingerprint density at radius 2 is 1.08 bits per heavy atom. The number of carbonyl (C=O) groups is 2. The standard InChI is InChI=1S/C52H41BN2O4/c1-51(2,3)32-16-24-41-37(26-32)45-35(29-10-12-31(13-11-29)50(57)58)20-22-39-48(45)54(41)43-8-7-9-44-47(43)53(39)40-23-21-36(30-14-18-34(19-15-30)59-28-56)46-38-27-33(52(4,5)6)17-25-42(38)55(44)49(40)46/h7-28H,1-6H3,(H,57,58). The molecule has 7 aromatic carbocycles. The number of carboxylic acid groups (broad SMARTS) is 1. The van der Waals surface area contributed by atoms with Gasteiger partial charge in [0, 0.05) is 44.0 Å². The number of aromatic nitrogens is 2. The number of aromatic carboxylic acids is 1. The molecule has 0 aliphatic carbocycles. The minimum absolute atomic E-state index is 0.0511. The first-order chi connectivity index (χ1) is 28.3. The second-order valence-electron chi connectivity index (χ2n) is 18.3. The van der Waals surface area contributed by atoms with Gasteiger partial charge in [0.15, 0.2) is 0 Å². The van der Waals surface area contributed by atoms with E-state index in [4.69, 9.17) is 4.74 Å². The van der Waals surface area contributed by atoms with Crippen LogP contribution in [0.3, 0.4) is 0 Å². The summed E-state index contributed by atoms with van der Waals surface area (Å²) in [6, 6.07) is 45.0. The van der Waals surface area contributed by atoms with Gasteiger partial charge in [0.05, 0.1) is 16.6 Å². The molecule has 0 radical (unpaired) electrons. The van der Waals surface area contributed by atoms with Gasteiger partial charge in [0.25, 0.3) is 13.2 Å². The predicted octanol–water partition coefficient (Wildman–Crippen LogP) is 10.2. The van der Waals surface area contributed by atoms with Crippen molar-refractivity contribution in [3.63, 3.8) is 0 Å². The van der Waals surface area contributed by atoms with Gasteiger partial charge in [-0.05, 0) is 121 Å². The maximum absolute atomic E-state index is 11.9. The number of nitrogens with zero attached hydrogens (tertiary/aromatic N) is 2. The Morgan fingerprint density at radius 1 is 0.610 bits per heavy atom. The maximum Gasteiger partial charge on any atom is 0.335 e. The first kappa shape index (κ1) is 35.3. The van der Waals surface area contributed by atoms with Crippen LogP contribution in [-0.4, -0.2) is 33.4 Å². The zero-order valence-electron chi connectivity index (χ0n) is 33.8. The largest absolute Gasteiger partial charge is 0.478 e. The fourth-order valence-corrected chi connectivity index (χ4v) is 9.99. The minimum atomic E-state index is -0.934. The molecule has 6 nitrogen and oxygen atoms in total. The second kappa shape index (κ2) is 12.1. The Hall–Kier alpha value is -6.86. The molecule has 0 bridgehead atoms. The Morgan fingerprint density at radius 3 is 1.53 bits per heavy atom. The van der Waals surface area contributed by atoms with Crippen LogP contribution in [-0.2, 0) is 15.6 Å². The van der Waals surface area contributed by atoms with Gasteiger partial charge in [-0.25, -0.2) is 4.79 Å². The van der Waals surface area contributed by atoms with Gasteiger partial charge in [-0.2, -0.15) is 0 Å². The third kappa shape index (κ3) is 4.94. The van der Waals surface area contributed by atoms with Crippen LogP contribution in [0.15, 0.2) is 127 Å². The highest BCUT2D eigenvalue weighted by Gasteiger charge is 2.41. The van der Waals surface area contributed by atoms with Crippen LogP contribution in [0.1, 0.15) is 63.0 Å². The summed E-state index contributed by atoms with van der Waals surface area (Å²) in [6.45, 7) is 14.0. The molecule has 0 unspecified atom stereocenters. The molecule has 7 heteroatoms. The van der Waals surface area contributed by atoms with E-state index in [0.29, 0.717) is 12.2 Å². The molecule has 0 fully saturated rings. The molecule has 2 aliphatic rings. The molecule has 4 heterocycles. The van der Waals surface area contributed by atoms with Crippen LogP contribution in [0.25, 0.3) is 77.2 Å². The quantitative estimate of drug-likeness (QED) is 0.140. The van der Waals surface area contributed by atoms with E-state index < -0.39 is 5.97 Å². The van der Waals surface area contributed by atoms with E-state index in [9.17, 15) is 14.7 Å². The van der Waals surface area contributed by atoms with Crippen molar-refractivity contribution in [2.75, 3.05) is 0 Å². The lowest BCUT2D eigenvalue weighted by molar-refractivity contribution is -0.120. The molecule has 0 atom stereocenters. The van der Waals surface area contributed by atoms with Gasteiger partial charge in [-0.1, -0.05) is 108 Å². The Bertz CT molecular complexity index is 3300. The van der Waals surface area contributed by atoms with Crippen molar-refractivity contribution < 1.29 is 19.4 Å². The van der Waals surface area contributed by atoms with Crippen LogP contribution in [0.5, 0.6) is 5.75 Å². The molecular formula is C52H41BN2O4. The zero-order valence-corrected chi connectivity index (χ0v) is 33.8. The number of carboxylic acids is 1. The number of benzene rings is 7. The summed E-state index contributed by atoms with van der Waals surface area (Å²) in [5.74, 6) is -0.426. The summed E-state index contributed by atoms with van der Waals surface area (Å²) >= 11 is 0. The number of carbonyl (C=O) groups excluding carboxylic acids is 1. The van der Waals surface area contributed by atoms with E-state index >= 15 is 0 Å². The number of hydrogen-bond donors (Lipinski definition) is 1. The Kier molecular flexibility index (Phi) is 7.24. The average Bonchev–Trinajstić information content (AvgIpc) is 3.75. The van der Waals surface area contributed by atoms with Gasteiger partial charge < -0.3 is 19.0 Å². The molecule has 286 valence electrons. The van der Waals surface area contributed by atoms with Gasteiger partial charge >= 0.3 is 5.97 Å². The Balaban J connectivity index is 1.27. The van der Waals surface area contributed by atoms with E-state index in [1.807, 2.05) is 36.4 Å². The van der Waals surface area contributed by atoms with Crippen molar-refractivity contribution in [1.29, 1.82) is 0 Å². The monoisotopic (exact) mass is 768 g/mol. The molecule has 59 heavy (non-hydrogen) atoms. The normalized spacial score (nSPS) is 13.1. The van der Waals surface area contributed by atoms with E-state index in [1.165, 1.54) is 71.5 Å². The summed E-state index contributed by atoms with van der Waals surface area (Å²) in [6.07, 6.45) is 0. The Labute approximate surface area is 342 Å². The lowest BCUT2D eigenvalue weighted by Gasteiger charge is -2.34. The van der Waals surface area contributed by atoms with Crippen molar-refractivity contribution in [3.8, 4) is 39.4 Å². The number of fused-ring (bicyclic) bond motifs is 10. The third-order valence-corrected chi connectivity index (χ3v) is 12.9. The molecule has 0 saturated heterocycles. The molecule has 1 N–H and O–H groups in total. The number of rotatable bonds is 5. The highest BCUT2D eigenvalue weighted by molar-refractivity contribution is 7.00.